The SMILES string of the molecule is C[C@@H](c1ccccc1)N1CC(=O)C2(CC2)C1=O. The molecular formula is C14H15NO2. The Bertz CT molecular complexity index is 476. The first kappa shape index (κ1) is 10.5. The first-order valence-corrected chi connectivity index (χ1v) is 6.04. The summed E-state index contributed by atoms with van der Waals surface area (Å²) in [5, 5.41) is 0. The Labute approximate surface area is 100 Å². The number of Topliss-reactive ketones (excluding diaryl/α,β-unsaturated/α-hetero) is 1. The van der Waals surface area contributed by atoms with Crippen LogP contribution >= 0.6 is 0 Å². The molecule has 1 aliphatic carbocycles. The van der Waals surface area contributed by atoms with Gasteiger partial charge in [0.25, 0.3) is 0 Å². The molecule has 0 aromatic heterocycles. The van der Waals surface area contributed by atoms with E-state index in [-0.39, 0.29) is 24.3 Å². The molecule has 3 heteroatoms. The molecule has 1 saturated carbocycles. The van der Waals surface area contributed by atoms with Gasteiger partial charge in [0.1, 0.15) is 5.41 Å². The third kappa shape index (κ3) is 1.42. The third-order valence-corrected chi connectivity index (χ3v) is 4.02. The molecule has 3 rings (SSSR count). The van der Waals surface area contributed by atoms with Crippen molar-refractivity contribution in [2.24, 2.45) is 5.41 Å². The van der Waals surface area contributed by atoms with E-state index in [1.807, 2.05) is 37.3 Å². The molecule has 1 aromatic carbocycles. The molecule has 0 bridgehead atoms. The fraction of sp³-hybridized carbons (Fsp3) is 0.429. The molecule has 0 radical (unpaired) electrons. The van der Waals surface area contributed by atoms with Gasteiger partial charge < -0.3 is 4.90 Å². The molecule has 3 nitrogen and oxygen atoms in total. The van der Waals surface area contributed by atoms with Crippen LogP contribution in [0.1, 0.15) is 31.4 Å². The lowest BCUT2D eigenvalue weighted by molar-refractivity contribution is -0.135. The number of carbonyl (C=O) groups is 2. The molecule has 0 N–H and O–H groups in total. The summed E-state index contributed by atoms with van der Waals surface area (Å²) in [7, 11) is 0. The molecular weight excluding hydrogens is 214 g/mol. The first-order valence-electron chi connectivity index (χ1n) is 6.04. The summed E-state index contributed by atoms with van der Waals surface area (Å²) < 4.78 is 0. The number of hydrogen-bond acceptors (Lipinski definition) is 2. The van der Waals surface area contributed by atoms with Crippen molar-refractivity contribution < 1.29 is 9.59 Å². The van der Waals surface area contributed by atoms with E-state index in [1.165, 1.54) is 0 Å². The van der Waals surface area contributed by atoms with Gasteiger partial charge in [0.05, 0.1) is 12.6 Å². The van der Waals surface area contributed by atoms with Crippen molar-refractivity contribution in [1.82, 2.24) is 4.90 Å². The van der Waals surface area contributed by atoms with Crippen LogP contribution in [0.4, 0.5) is 0 Å². The fourth-order valence-corrected chi connectivity index (χ4v) is 2.61. The molecule has 1 aromatic rings. The van der Waals surface area contributed by atoms with Crippen LogP contribution < -0.4 is 0 Å². The Morgan fingerprint density at radius 1 is 1.18 bits per heavy atom. The zero-order valence-corrected chi connectivity index (χ0v) is 9.85. The van der Waals surface area contributed by atoms with Gasteiger partial charge in [-0.05, 0) is 25.3 Å². The average Bonchev–Trinajstić information content (AvgIpc) is 3.12. The number of rotatable bonds is 2. The minimum absolute atomic E-state index is 0.00683. The van der Waals surface area contributed by atoms with E-state index < -0.39 is 5.41 Å². The summed E-state index contributed by atoms with van der Waals surface area (Å²) in [6.07, 6.45) is 1.51. The van der Waals surface area contributed by atoms with Crippen molar-refractivity contribution >= 4 is 11.7 Å². The summed E-state index contributed by atoms with van der Waals surface area (Å²) in [6, 6.07) is 9.87. The largest absolute Gasteiger partial charge is 0.328 e. The molecule has 2 fully saturated rings. The van der Waals surface area contributed by atoms with Crippen LogP contribution in [-0.2, 0) is 9.59 Å². The molecule has 88 valence electrons. The molecule has 0 unspecified atom stereocenters. The Kier molecular flexibility index (Phi) is 2.12. The number of nitrogens with zero attached hydrogens (tertiary/aromatic N) is 1. The smallest absolute Gasteiger partial charge is 0.237 e. The van der Waals surface area contributed by atoms with Gasteiger partial charge in [-0.3, -0.25) is 9.59 Å². The van der Waals surface area contributed by atoms with E-state index in [4.69, 9.17) is 0 Å². The van der Waals surface area contributed by atoms with Crippen LogP contribution in [0.5, 0.6) is 0 Å². The van der Waals surface area contributed by atoms with Crippen LogP contribution in [-0.4, -0.2) is 23.1 Å². The van der Waals surface area contributed by atoms with Crippen LogP contribution in [0.3, 0.4) is 0 Å². The summed E-state index contributed by atoms with van der Waals surface area (Å²) >= 11 is 0. The quantitative estimate of drug-likeness (QED) is 0.727. The monoisotopic (exact) mass is 229 g/mol. The number of likely N-dealkylation sites (tertiary alicyclic amines) is 1. The molecule has 17 heavy (non-hydrogen) atoms. The summed E-state index contributed by atoms with van der Waals surface area (Å²) in [4.78, 5) is 25.8. The van der Waals surface area contributed by atoms with Crippen molar-refractivity contribution in [3.63, 3.8) is 0 Å². The lowest BCUT2D eigenvalue weighted by atomic mass is 10.0. The summed E-state index contributed by atoms with van der Waals surface area (Å²) in [5.74, 6) is 0.157. The highest BCUT2D eigenvalue weighted by atomic mass is 16.2. The van der Waals surface area contributed by atoms with Crippen LogP contribution in [0.15, 0.2) is 30.3 Å². The molecule has 1 heterocycles. The number of amides is 1. The minimum atomic E-state index is -0.608. The maximum absolute atomic E-state index is 12.2. The lowest BCUT2D eigenvalue weighted by Crippen LogP contribution is -2.30. The van der Waals surface area contributed by atoms with Crippen molar-refractivity contribution in [1.29, 1.82) is 0 Å². The van der Waals surface area contributed by atoms with Crippen molar-refractivity contribution in [2.75, 3.05) is 6.54 Å². The van der Waals surface area contributed by atoms with Gasteiger partial charge >= 0.3 is 0 Å². The first-order chi connectivity index (χ1) is 8.15. The second-order valence-corrected chi connectivity index (χ2v) is 5.02. The topological polar surface area (TPSA) is 37.4 Å². The molecule has 1 saturated heterocycles. The van der Waals surface area contributed by atoms with E-state index in [9.17, 15) is 9.59 Å². The summed E-state index contributed by atoms with van der Waals surface area (Å²) in [5.41, 5.74) is 0.481. The Morgan fingerprint density at radius 2 is 1.82 bits per heavy atom. The molecule has 1 amide bonds. The second-order valence-electron chi connectivity index (χ2n) is 5.02. The highest BCUT2D eigenvalue weighted by molar-refractivity contribution is 6.15. The van der Waals surface area contributed by atoms with E-state index in [2.05, 4.69) is 0 Å². The normalized spacial score (nSPS) is 23.2. The van der Waals surface area contributed by atoms with E-state index in [0.717, 1.165) is 18.4 Å². The minimum Gasteiger partial charge on any atom is -0.328 e. The van der Waals surface area contributed by atoms with Crippen molar-refractivity contribution in [3.8, 4) is 0 Å². The maximum atomic E-state index is 12.2. The zero-order valence-electron chi connectivity index (χ0n) is 9.85. The highest BCUT2D eigenvalue weighted by Gasteiger charge is 2.62. The number of hydrogen-bond donors (Lipinski definition) is 0. The Morgan fingerprint density at radius 3 is 2.35 bits per heavy atom. The van der Waals surface area contributed by atoms with Gasteiger partial charge in [-0.1, -0.05) is 30.3 Å². The summed E-state index contributed by atoms with van der Waals surface area (Å²) in [6.45, 7) is 2.27. The van der Waals surface area contributed by atoms with Gasteiger partial charge in [0.2, 0.25) is 5.91 Å². The predicted molar refractivity (Wildman–Crippen MR) is 63.2 cm³/mol. The van der Waals surface area contributed by atoms with Gasteiger partial charge in [-0.2, -0.15) is 0 Å². The predicted octanol–water partition coefficient (Wildman–Crippen LogP) is 1.94. The second kappa shape index (κ2) is 3.42. The van der Waals surface area contributed by atoms with Crippen LogP contribution in [0, 0.1) is 5.41 Å². The molecule has 2 aliphatic rings. The van der Waals surface area contributed by atoms with E-state index >= 15 is 0 Å². The van der Waals surface area contributed by atoms with Gasteiger partial charge in [-0.25, -0.2) is 0 Å². The third-order valence-electron chi connectivity index (χ3n) is 4.02. The molecule has 1 atom stereocenters. The lowest BCUT2D eigenvalue weighted by Gasteiger charge is -2.24. The van der Waals surface area contributed by atoms with E-state index in [1.54, 1.807) is 4.90 Å². The molecule has 1 aliphatic heterocycles. The molecule has 1 spiro atoms. The van der Waals surface area contributed by atoms with Gasteiger partial charge in [0.15, 0.2) is 5.78 Å². The van der Waals surface area contributed by atoms with Gasteiger partial charge in [-0.15, -0.1) is 0 Å². The average molecular weight is 229 g/mol. The van der Waals surface area contributed by atoms with Gasteiger partial charge in [0, 0.05) is 0 Å². The number of benzene rings is 1. The Hall–Kier alpha value is -1.64. The van der Waals surface area contributed by atoms with E-state index in [0.29, 0.717) is 0 Å². The standard InChI is InChI=1S/C14H15NO2/c1-10(11-5-3-2-4-6-11)15-9-12(16)14(7-8-14)13(15)17/h2-6,10H,7-9H2,1H3/t10-/m0/s1. The zero-order chi connectivity index (χ0) is 12.0. The van der Waals surface area contributed by atoms with Crippen LogP contribution in [0.2, 0.25) is 0 Å². The number of ketones is 1. The van der Waals surface area contributed by atoms with Crippen molar-refractivity contribution in [3.05, 3.63) is 35.9 Å². The number of carbonyl (C=O) groups excluding carboxylic acids is 2. The van der Waals surface area contributed by atoms with Crippen molar-refractivity contribution in [2.45, 2.75) is 25.8 Å². The van der Waals surface area contributed by atoms with Crippen LogP contribution in [0.25, 0.3) is 0 Å². The fourth-order valence-electron chi connectivity index (χ4n) is 2.61. The maximum Gasteiger partial charge on any atom is 0.237 e. The highest BCUT2D eigenvalue weighted by Crippen LogP contribution is 2.52. The Balaban J connectivity index is 1.87.